The fraction of sp³-hybridized carbons (Fsp3) is 0.375. The number of esters is 1. The minimum absolute atomic E-state index is 0.0490. The first-order valence-corrected chi connectivity index (χ1v) is 10.9. The number of amides is 1. The zero-order valence-electron chi connectivity index (χ0n) is 14.8. The monoisotopic (exact) mass is 444 g/mol. The number of piperidine rings is 1. The van der Waals surface area contributed by atoms with Crippen molar-refractivity contribution in [1.82, 2.24) is 14.5 Å². The summed E-state index contributed by atoms with van der Waals surface area (Å²) >= 11 is 6.74. The molecule has 0 bridgehead atoms. The summed E-state index contributed by atoms with van der Waals surface area (Å²) in [4.78, 5) is 23.8. The molecule has 12 heteroatoms. The van der Waals surface area contributed by atoms with Gasteiger partial charge >= 0.3 is 5.97 Å². The Hall–Kier alpha value is -2.08. The molecule has 1 aromatic carbocycles. The lowest BCUT2D eigenvalue weighted by atomic mass is 9.99. The van der Waals surface area contributed by atoms with Crippen LogP contribution >= 0.6 is 22.9 Å². The second-order valence-corrected chi connectivity index (χ2v) is 9.50. The first-order chi connectivity index (χ1) is 13.3. The van der Waals surface area contributed by atoms with Gasteiger partial charge in [-0.05, 0) is 25.0 Å². The predicted octanol–water partition coefficient (Wildman–Crippen LogP) is 2.02. The molecule has 150 valence electrons. The lowest BCUT2D eigenvalue weighted by Gasteiger charge is -2.28. The van der Waals surface area contributed by atoms with Crippen LogP contribution < -0.4 is 5.32 Å². The highest BCUT2D eigenvalue weighted by Crippen LogP contribution is 2.28. The van der Waals surface area contributed by atoms with E-state index in [9.17, 15) is 18.0 Å². The van der Waals surface area contributed by atoms with Crippen LogP contribution in [-0.4, -0.2) is 55.0 Å². The van der Waals surface area contributed by atoms with Crippen LogP contribution in [0.25, 0.3) is 0 Å². The minimum atomic E-state index is -3.86. The Bertz CT molecular complexity index is 986. The van der Waals surface area contributed by atoms with Crippen LogP contribution in [0.3, 0.4) is 0 Å². The maximum atomic E-state index is 12.7. The van der Waals surface area contributed by atoms with E-state index < -0.39 is 15.9 Å². The van der Waals surface area contributed by atoms with Gasteiger partial charge in [0, 0.05) is 13.1 Å². The van der Waals surface area contributed by atoms with Crippen LogP contribution in [0, 0.1) is 5.92 Å². The molecular formula is C16H17ClN4O5S2. The van der Waals surface area contributed by atoms with Gasteiger partial charge < -0.3 is 4.74 Å². The highest BCUT2D eigenvalue weighted by atomic mass is 35.5. The lowest BCUT2D eigenvalue weighted by molar-refractivity contribution is -0.146. The van der Waals surface area contributed by atoms with E-state index in [-0.39, 0.29) is 45.0 Å². The van der Waals surface area contributed by atoms with Crippen molar-refractivity contribution in [3.05, 3.63) is 34.9 Å². The fourth-order valence-electron chi connectivity index (χ4n) is 2.78. The highest BCUT2D eigenvalue weighted by Gasteiger charge is 2.34. The summed E-state index contributed by atoms with van der Waals surface area (Å²) in [5.74, 6) is -1.15. The van der Waals surface area contributed by atoms with Crippen molar-refractivity contribution in [2.75, 3.05) is 25.5 Å². The van der Waals surface area contributed by atoms with Gasteiger partial charge in [-0.25, -0.2) is 8.42 Å². The van der Waals surface area contributed by atoms with Gasteiger partial charge in [-0.1, -0.05) is 35.1 Å². The molecule has 0 saturated carbocycles. The van der Waals surface area contributed by atoms with E-state index >= 15 is 0 Å². The van der Waals surface area contributed by atoms with Crippen LogP contribution in [0.15, 0.2) is 28.6 Å². The predicted molar refractivity (Wildman–Crippen MR) is 103 cm³/mol. The molecule has 1 N–H and O–H groups in total. The zero-order chi connectivity index (χ0) is 20.3. The molecule has 1 aromatic heterocycles. The Balaban J connectivity index is 1.68. The number of anilines is 1. The summed E-state index contributed by atoms with van der Waals surface area (Å²) in [6, 6.07) is 6.47. The second kappa shape index (κ2) is 8.52. The SMILES string of the molecule is COC(=O)C1CCN(S(=O)(=O)c2nnc(NC(=O)c3ccccc3Cl)s2)CC1. The van der Waals surface area contributed by atoms with Gasteiger partial charge in [0.15, 0.2) is 0 Å². The van der Waals surface area contributed by atoms with Crippen molar-refractivity contribution in [2.45, 2.75) is 17.2 Å². The molecule has 3 rings (SSSR count). The third-order valence-corrected chi connectivity index (χ3v) is 7.71. The van der Waals surface area contributed by atoms with Crippen molar-refractivity contribution in [1.29, 1.82) is 0 Å². The van der Waals surface area contributed by atoms with E-state index in [1.54, 1.807) is 24.3 Å². The molecule has 1 aliphatic heterocycles. The number of nitrogens with zero attached hydrogens (tertiary/aromatic N) is 3. The summed E-state index contributed by atoms with van der Waals surface area (Å²) < 4.78 is 31.2. The molecule has 28 heavy (non-hydrogen) atoms. The molecule has 1 aliphatic rings. The fourth-order valence-corrected chi connectivity index (χ4v) is 5.51. The summed E-state index contributed by atoms with van der Waals surface area (Å²) in [7, 11) is -2.55. The average molecular weight is 445 g/mol. The number of carbonyl (C=O) groups excluding carboxylic acids is 2. The standard InChI is InChI=1S/C16H17ClN4O5S2/c1-26-14(23)10-6-8-21(9-7-10)28(24,25)16-20-19-15(27-16)18-13(22)11-4-2-3-5-12(11)17/h2-5,10H,6-9H2,1H3,(H,18,19,22). The smallest absolute Gasteiger partial charge is 0.308 e. The first-order valence-electron chi connectivity index (χ1n) is 8.30. The number of carbonyl (C=O) groups is 2. The molecule has 1 amide bonds. The van der Waals surface area contributed by atoms with Gasteiger partial charge in [-0.3, -0.25) is 14.9 Å². The van der Waals surface area contributed by atoms with Gasteiger partial charge in [-0.2, -0.15) is 4.31 Å². The molecule has 1 saturated heterocycles. The molecular weight excluding hydrogens is 428 g/mol. The molecule has 0 atom stereocenters. The third kappa shape index (κ3) is 4.32. The number of methoxy groups -OCH3 is 1. The molecule has 2 heterocycles. The summed E-state index contributed by atoms with van der Waals surface area (Å²) in [6.07, 6.45) is 0.752. The van der Waals surface area contributed by atoms with E-state index in [1.165, 1.54) is 11.4 Å². The number of nitrogens with one attached hydrogen (secondary N) is 1. The summed E-state index contributed by atoms with van der Waals surface area (Å²) in [5, 5.41) is 10.3. The topological polar surface area (TPSA) is 119 Å². The Labute approximate surface area is 170 Å². The van der Waals surface area contributed by atoms with Gasteiger partial charge in [0.2, 0.25) is 9.47 Å². The number of hydrogen-bond acceptors (Lipinski definition) is 8. The van der Waals surface area contributed by atoms with Crippen molar-refractivity contribution in [3.8, 4) is 0 Å². The van der Waals surface area contributed by atoms with E-state index in [1.807, 2.05) is 0 Å². The number of benzene rings is 1. The van der Waals surface area contributed by atoms with Crippen LogP contribution in [-0.2, 0) is 19.6 Å². The molecule has 0 radical (unpaired) electrons. The quantitative estimate of drug-likeness (QED) is 0.553. The van der Waals surface area contributed by atoms with Crippen molar-refractivity contribution >= 4 is 50.0 Å². The van der Waals surface area contributed by atoms with E-state index in [0.717, 1.165) is 11.3 Å². The molecule has 0 spiro atoms. The van der Waals surface area contributed by atoms with Gasteiger partial charge in [0.1, 0.15) is 0 Å². The number of rotatable bonds is 5. The van der Waals surface area contributed by atoms with E-state index in [0.29, 0.717) is 12.8 Å². The highest BCUT2D eigenvalue weighted by molar-refractivity contribution is 7.91. The van der Waals surface area contributed by atoms with E-state index in [2.05, 4.69) is 15.5 Å². The Kier molecular flexibility index (Phi) is 6.28. The molecule has 0 unspecified atom stereocenters. The van der Waals surface area contributed by atoms with Crippen molar-refractivity contribution in [3.63, 3.8) is 0 Å². The van der Waals surface area contributed by atoms with Gasteiger partial charge in [0.25, 0.3) is 15.9 Å². The maximum Gasteiger partial charge on any atom is 0.308 e. The lowest BCUT2D eigenvalue weighted by Crippen LogP contribution is -2.40. The van der Waals surface area contributed by atoms with Crippen LogP contribution in [0.2, 0.25) is 5.02 Å². The number of hydrogen-bond donors (Lipinski definition) is 1. The number of sulfonamides is 1. The molecule has 2 aromatic rings. The van der Waals surface area contributed by atoms with Gasteiger partial charge in [0.05, 0.1) is 23.6 Å². The first kappa shape index (κ1) is 20.6. The largest absolute Gasteiger partial charge is 0.469 e. The van der Waals surface area contributed by atoms with Crippen LogP contribution in [0.4, 0.5) is 5.13 Å². The third-order valence-electron chi connectivity index (χ3n) is 4.29. The molecule has 9 nitrogen and oxygen atoms in total. The molecule has 0 aliphatic carbocycles. The van der Waals surface area contributed by atoms with Crippen molar-refractivity contribution in [2.24, 2.45) is 5.92 Å². The Morgan fingerprint density at radius 3 is 2.57 bits per heavy atom. The Morgan fingerprint density at radius 1 is 1.25 bits per heavy atom. The van der Waals surface area contributed by atoms with Crippen LogP contribution in [0.1, 0.15) is 23.2 Å². The summed E-state index contributed by atoms with van der Waals surface area (Å²) in [6.45, 7) is 0.367. The molecule has 1 fully saturated rings. The van der Waals surface area contributed by atoms with Gasteiger partial charge in [-0.15, -0.1) is 10.2 Å². The zero-order valence-corrected chi connectivity index (χ0v) is 17.2. The average Bonchev–Trinajstić information content (AvgIpc) is 3.17. The Morgan fingerprint density at radius 2 is 1.93 bits per heavy atom. The normalized spacial score (nSPS) is 15.9. The van der Waals surface area contributed by atoms with Crippen molar-refractivity contribution < 1.29 is 22.7 Å². The minimum Gasteiger partial charge on any atom is -0.469 e. The second-order valence-electron chi connectivity index (χ2n) is 6.01. The summed E-state index contributed by atoms with van der Waals surface area (Å²) in [5.41, 5.74) is 0.244. The number of halogens is 1. The number of aromatic nitrogens is 2. The van der Waals surface area contributed by atoms with E-state index in [4.69, 9.17) is 16.3 Å². The maximum absolute atomic E-state index is 12.7. The number of ether oxygens (including phenoxy) is 1. The van der Waals surface area contributed by atoms with Crippen LogP contribution in [0.5, 0.6) is 0 Å².